The average molecular weight is 239 g/mol. The molecule has 82 valence electrons. The second-order valence-corrected chi connectivity index (χ2v) is 3.53. The number of aryl methyl sites for hydroxylation is 1. The SMILES string of the molecule is Cc1noc(-c2ccc(Cl)nc2)c1C(=O)O. The zero-order chi connectivity index (χ0) is 11.7. The molecule has 0 amide bonds. The zero-order valence-electron chi connectivity index (χ0n) is 8.27. The number of aromatic carboxylic acids is 1. The van der Waals surface area contributed by atoms with Crippen LogP contribution in [0.15, 0.2) is 22.9 Å². The summed E-state index contributed by atoms with van der Waals surface area (Å²) in [6.45, 7) is 1.57. The van der Waals surface area contributed by atoms with E-state index in [2.05, 4.69) is 10.1 Å². The van der Waals surface area contributed by atoms with Crippen molar-refractivity contribution in [1.82, 2.24) is 10.1 Å². The third-order valence-corrected chi connectivity index (χ3v) is 2.29. The topological polar surface area (TPSA) is 76.2 Å². The van der Waals surface area contributed by atoms with Crippen molar-refractivity contribution < 1.29 is 14.4 Å². The van der Waals surface area contributed by atoms with Crippen LogP contribution in [0, 0.1) is 6.92 Å². The lowest BCUT2D eigenvalue weighted by Crippen LogP contribution is -1.99. The van der Waals surface area contributed by atoms with Crippen LogP contribution in [0.2, 0.25) is 5.15 Å². The van der Waals surface area contributed by atoms with E-state index in [1.807, 2.05) is 0 Å². The lowest BCUT2D eigenvalue weighted by atomic mass is 10.1. The molecule has 0 saturated heterocycles. The normalized spacial score (nSPS) is 10.4. The van der Waals surface area contributed by atoms with E-state index in [0.717, 1.165) is 0 Å². The van der Waals surface area contributed by atoms with Gasteiger partial charge in [-0.15, -0.1) is 0 Å². The molecule has 2 rings (SSSR count). The summed E-state index contributed by atoms with van der Waals surface area (Å²) in [6, 6.07) is 3.18. The Hall–Kier alpha value is -1.88. The molecular weight excluding hydrogens is 232 g/mol. The van der Waals surface area contributed by atoms with Gasteiger partial charge in [0.1, 0.15) is 10.7 Å². The lowest BCUT2D eigenvalue weighted by molar-refractivity contribution is 0.0696. The molecule has 5 nitrogen and oxygen atoms in total. The van der Waals surface area contributed by atoms with E-state index in [4.69, 9.17) is 21.2 Å². The highest BCUT2D eigenvalue weighted by Crippen LogP contribution is 2.26. The predicted molar refractivity (Wildman–Crippen MR) is 56.4 cm³/mol. The number of hydrogen-bond donors (Lipinski definition) is 1. The molecule has 1 N–H and O–H groups in total. The summed E-state index contributed by atoms with van der Waals surface area (Å²) in [5.74, 6) is -0.891. The van der Waals surface area contributed by atoms with E-state index in [1.165, 1.54) is 6.20 Å². The molecule has 0 aromatic carbocycles. The van der Waals surface area contributed by atoms with E-state index in [1.54, 1.807) is 19.1 Å². The standard InChI is InChI=1S/C10H7ClN2O3/c1-5-8(10(14)15)9(16-13-5)6-2-3-7(11)12-4-6/h2-4H,1H3,(H,14,15). The smallest absolute Gasteiger partial charge is 0.341 e. The van der Waals surface area contributed by atoms with Gasteiger partial charge in [-0.05, 0) is 19.1 Å². The summed E-state index contributed by atoms with van der Waals surface area (Å²) >= 11 is 5.63. The van der Waals surface area contributed by atoms with Crippen molar-refractivity contribution in [2.24, 2.45) is 0 Å². The number of rotatable bonds is 2. The molecule has 2 aromatic rings. The van der Waals surface area contributed by atoms with Gasteiger partial charge in [0.05, 0.1) is 5.69 Å². The fourth-order valence-electron chi connectivity index (χ4n) is 1.33. The molecule has 2 heterocycles. The Kier molecular flexibility index (Phi) is 2.62. The number of carboxylic acid groups (broad SMARTS) is 1. The monoisotopic (exact) mass is 238 g/mol. The highest BCUT2D eigenvalue weighted by atomic mass is 35.5. The number of hydrogen-bond acceptors (Lipinski definition) is 4. The number of carboxylic acids is 1. The summed E-state index contributed by atoms with van der Waals surface area (Å²) in [4.78, 5) is 14.8. The predicted octanol–water partition coefficient (Wildman–Crippen LogP) is 2.40. The number of pyridine rings is 1. The Morgan fingerprint density at radius 3 is 2.81 bits per heavy atom. The van der Waals surface area contributed by atoms with Gasteiger partial charge in [-0.2, -0.15) is 0 Å². The molecule has 0 aliphatic carbocycles. The zero-order valence-corrected chi connectivity index (χ0v) is 9.02. The van der Waals surface area contributed by atoms with Crippen molar-refractivity contribution in [2.45, 2.75) is 6.92 Å². The van der Waals surface area contributed by atoms with Crippen LogP contribution in [0.1, 0.15) is 16.1 Å². The van der Waals surface area contributed by atoms with Crippen LogP contribution < -0.4 is 0 Å². The summed E-state index contributed by atoms with van der Waals surface area (Å²) in [5, 5.41) is 13.0. The molecule has 0 radical (unpaired) electrons. The number of carbonyl (C=O) groups is 1. The van der Waals surface area contributed by atoms with Crippen molar-refractivity contribution in [3.05, 3.63) is 34.7 Å². The molecule has 2 aromatic heterocycles. The van der Waals surface area contributed by atoms with E-state index in [-0.39, 0.29) is 11.3 Å². The first kappa shape index (κ1) is 10.6. The summed E-state index contributed by atoms with van der Waals surface area (Å²) in [6.07, 6.45) is 1.44. The molecule has 0 spiro atoms. The third kappa shape index (κ3) is 1.77. The maximum atomic E-state index is 11.0. The Morgan fingerprint density at radius 2 is 2.25 bits per heavy atom. The van der Waals surface area contributed by atoms with Gasteiger partial charge >= 0.3 is 5.97 Å². The first-order chi connectivity index (χ1) is 7.59. The van der Waals surface area contributed by atoms with Crippen LogP contribution >= 0.6 is 11.6 Å². The molecule has 0 aliphatic heterocycles. The highest BCUT2D eigenvalue weighted by molar-refractivity contribution is 6.29. The molecular formula is C10H7ClN2O3. The van der Waals surface area contributed by atoms with Gasteiger partial charge in [0.2, 0.25) is 0 Å². The minimum absolute atomic E-state index is 0.0455. The molecule has 6 heteroatoms. The maximum absolute atomic E-state index is 11.0. The van der Waals surface area contributed by atoms with Gasteiger partial charge < -0.3 is 9.63 Å². The summed E-state index contributed by atoms with van der Waals surface area (Å²) < 4.78 is 4.97. The molecule has 16 heavy (non-hydrogen) atoms. The molecule has 0 bridgehead atoms. The van der Waals surface area contributed by atoms with E-state index < -0.39 is 5.97 Å². The maximum Gasteiger partial charge on any atom is 0.341 e. The number of halogens is 1. The summed E-state index contributed by atoms with van der Waals surface area (Å²) in [5.41, 5.74) is 0.906. The minimum Gasteiger partial charge on any atom is -0.477 e. The van der Waals surface area contributed by atoms with Crippen molar-refractivity contribution >= 4 is 17.6 Å². The molecule has 0 aliphatic rings. The van der Waals surface area contributed by atoms with E-state index in [9.17, 15) is 4.79 Å². The van der Waals surface area contributed by atoms with Gasteiger partial charge in [0, 0.05) is 11.8 Å². The van der Waals surface area contributed by atoms with Crippen LogP contribution in [-0.4, -0.2) is 21.2 Å². The van der Waals surface area contributed by atoms with Gasteiger partial charge in [0.25, 0.3) is 0 Å². The Bertz CT molecular complexity index is 533. The van der Waals surface area contributed by atoms with Crippen LogP contribution in [0.25, 0.3) is 11.3 Å². The van der Waals surface area contributed by atoms with Gasteiger partial charge in [-0.25, -0.2) is 9.78 Å². The second kappa shape index (κ2) is 3.94. The Morgan fingerprint density at radius 1 is 1.50 bits per heavy atom. The molecule has 0 atom stereocenters. The molecule has 0 saturated carbocycles. The minimum atomic E-state index is -1.08. The fourth-order valence-corrected chi connectivity index (χ4v) is 1.44. The van der Waals surface area contributed by atoms with Crippen molar-refractivity contribution in [2.75, 3.05) is 0 Å². The van der Waals surface area contributed by atoms with E-state index in [0.29, 0.717) is 16.4 Å². The van der Waals surface area contributed by atoms with Gasteiger partial charge in [-0.3, -0.25) is 0 Å². The average Bonchev–Trinajstić information content (AvgIpc) is 2.61. The largest absolute Gasteiger partial charge is 0.477 e. The molecule has 0 fully saturated rings. The van der Waals surface area contributed by atoms with E-state index >= 15 is 0 Å². The third-order valence-electron chi connectivity index (χ3n) is 2.07. The highest BCUT2D eigenvalue weighted by Gasteiger charge is 2.21. The Balaban J connectivity index is 2.56. The van der Waals surface area contributed by atoms with Crippen LogP contribution in [0.3, 0.4) is 0 Å². The lowest BCUT2D eigenvalue weighted by Gasteiger charge is -1.97. The van der Waals surface area contributed by atoms with Crippen molar-refractivity contribution in [1.29, 1.82) is 0 Å². The van der Waals surface area contributed by atoms with Gasteiger partial charge in [0.15, 0.2) is 5.76 Å². The number of aromatic nitrogens is 2. The van der Waals surface area contributed by atoms with Gasteiger partial charge in [-0.1, -0.05) is 16.8 Å². The second-order valence-electron chi connectivity index (χ2n) is 3.15. The fraction of sp³-hybridized carbons (Fsp3) is 0.100. The Labute approximate surface area is 95.7 Å². The van der Waals surface area contributed by atoms with Crippen molar-refractivity contribution in [3.63, 3.8) is 0 Å². The van der Waals surface area contributed by atoms with Crippen LogP contribution in [0.4, 0.5) is 0 Å². The van der Waals surface area contributed by atoms with Crippen LogP contribution in [0.5, 0.6) is 0 Å². The van der Waals surface area contributed by atoms with Crippen molar-refractivity contribution in [3.8, 4) is 11.3 Å². The molecule has 0 unspecified atom stereocenters. The first-order valence-corrected chi connectivity index (χ1v) is 4.79. The summed E-state index contributed by atoms with van der Waals surface area (Å²) in [7, 11) is 0. The first-order valence-electron chi connectivity index (χ1n) is 4.41. The number of nitrogens with zero attached hydrogens (tertiary/aromatic N) is 2. The van der Waals surface area contributed by atoms with Crippen LogP contribution in [-0.2, 0) is 0 Å². The quantitative estimate of drug-likeness (QED) is 0.813.